The Morgan fingerprint density at radius 2 is 1.86 bits per heavy atom. The van der Waals surface area contributed by atoms with Crippen molar-refractivity contribution in [2.75, 3.05) is 65.4 Å². The smallest absolute Gasteiger partial charge is 0.253 e. The van der Waals surface area contributed by atoms with Crippen molar-refractivity contribution in [1.82, 2.24) is 14.9 Å². The summed E-state index contributed by atoms with van der Waals surface area (Å²) in [5.74, 6) is -0.263. The van der Waals surface area contributed by atoms with Crippen molar-refractivity contribution in [1.29, 1.82) is 0 Å². The second-order valence-corrected chi connectivity index (χ2v) is 8.81. The number of anilines is 1. The quantitative estimate of drug-likeness (QED) is 0.532. The lowest BCUT2D eigenvalue weighted by molar-refractivity contribution is 0.0954. The largest absolute Gasteiger partial charge is 0.383 e. The van der Waals surface area contributed by atoms with Gasteiger partial charge in [-0.25, -0.2) is 12.7 Å². The standard InChI is InChI=1S/C18H30N4O4S.ClH/c1-21(2)27(24,25)15-6-7-17(22-11-4-5-12-22)16(14-15)18(23)20-9-8-19-10-13-26-3;/h6-7,14,19H,4-5,8-13H2,1-3H3,(H,20,23);1H. The summed E-state index contributed by atoms with van der Waals surface area (Å²) in [5.41, 5.74) is 1.19. The Hall–Kier alpha value is -1.39. The van der Waals surface area contributed by atoms with Gasteiger partial charge in [-0.3, -0.25) is 4.79 Å². The predicted molar refractivity (Wildman–Crippen MR) is 113 cm³/mol. The fraction of sp³-hybridized carbons (Fsp3) is 0.611. The number of hydrogen-bond acceptors (Lipinski definition) is 6. The van der Waals surface area contributed by atoms with Crippen molar-refractivity contribution in [3.63, 3.8) is 0 Å². The van der Waals surface area contributed by atoms with Gasteiger partial charge in [0.1, 0.15) is 0 Å². The Bertz CT molecular complexity index is 737. The lowest BCUT2D eigenvalue weighted by Gasteiger charge is -2.22. The summed E-state index contributed by atoms with van der Waals surface area (Å²) >= 11 is 0. The van der Waals surface area contributed by atoms with Gasteiger partial charge in [0.2, 0.25) is 10.0 Å². The zero-order valence-electron chi connectivity index (χ0n) is 16.7. The maximum Gasteiger partial charge on any atom is 0.253 e. The summed E-state index contributed by atoms with van der Waals surface area (Å²) in [7, 11) is 1.000. The Kier molecular flexibility index (Phi) is 10.2. The molecule has 8 nitrogen and oxygen atoms in total. The zero-order chi connectivity index (χ0) is 19.9. The van der Waals surface area contributed by atoms with E-state index in [9.17, 15) is 13.2 Å². The molecular weight excluding hydrogens is 404 g/mol. The number of sulfonamides is 1. The van der Waals surface area contributed by atoms with Crippen LogP contribution in [-0.2, 0) is 14.8 Å². The number of methoxy groups -OCH3 is 1. The van der Waals surface area contributed by atoms with E-state index in [2.05, 4.69) is 15.5 Å². The SMILES string of the molecule is COCCNCCNC(=O)c1cc(S(=O)(=O)N(C)C)ccc1N1CCCC1.Cl. The summed E-state index contributed by atoms with van der Waals surface area (Å²) < 4.78 is 31.0. The van der Waals surface area contributed by atoms with Gasteiger partial charge in [-0.15, -0.1) is 12.4 Å². The Morgan fingerprint density at radius 1 is 1.18 bits per heavy atom. The highest BCUT2D eigenvalue weighted by Gasteiger charge is 2.24. The van der Waals surface area contributed by atoms with Crippen LogP contribution in [0.4, 0.5) is 5.69 Å². The molecule has 2 rings (SSSR count). The molecule has 0 atom stereocenters. The first-order valence-corrected chi connectivity index (χ1v) is 10.6. The minimum absolute atomic E-state index is 0. The van der Waals surface area contributed by atoms with E-state index in [4.69, 9.17) is 4.74 Å². The zero-order valence-corrected chi connectivity index (χ0v) is 18.4. The normalized spacial score (nSPS) is 14.2. The molecule has 1 aliphatic heterocycles. The molecule has 0 bridgehead atoms. The van der Waals surface area contributed by atoms with Gasteiger partial charge >= 0.3 is 0 Å². The number of carbonyl (C=O) groups is 1. The molecule has 1 amide bonds. The molecule has 0 spiro atoms. The highest BCUT2D eigenvalue weighted by molar-refractivity contribution is 7.89. The summed E-state index contributed by atoms with van der Waals surface area (Å²) in [6.07, 6.45) is 2.14. The molecule has 10 heteroatoms. The molecule has 2 N–H and O–H groups in total. The van der Waals surface area contributed by atoms with Gasteiger partial charge in [-0.1, -0.05) is 0 Å². The van der Waals surface area contributed by atoms with Crippen LogP contribution in [0.15, 0.2) is 23.1 Å². The van der Waals surface area contributed by atoms with E-state index < -0.39 is 10.0 Å². The molecule has 0 aromatic heterocycles. The summed E-state index contributed by atoms with van der Waals surface area (Å²) in [4.78, 5) is 15.0. The number of halogens is 1. The fourth-order valence-corrected chi connectivity index (χ4v) is 3.89. The van der Waals surface area contributed by atoms with Crippen LogP contribution in [0.2, 0.25) is 0 Å². The van der Waals surface area contributed by atoms with Crippen LogP contribution >= 0.6 is 12.4 Å². The van der Waals surface area contributed by atoms with Crippen LogP contribution in [0.1, 0.15) is 23.2 Å². The third-order valence-electron chi connectivity index (χ3n) is 4.51. The number of hydrogen-bond donors (Lipinski definition) is 2. The molecule has 0 aliphatic carbocycles. The highest BCUT2D eigenvalue weighted by atomic mass is 35.5. The highest BCUT2D eigenvalue weighted by Crippen LogP contribution is 2.28. The van der Waals surface area contributed by atoms with Crippen LogP contribution in [0.25, 0.3) is 0 Å². The van der Waals surface area contributed by atoms with Crippen LogP contribution in [0, 0.1) is 0 Å². The summed E-state index contributed by atoms with van der Waals surface area (Å²) in [6.45, 7) is 4.13. The first-order valence-electron chi connectivity index (χ1n) is 9.17. The lowest BCUT2D eigenvalue weighted by Crippen LogP contribution is -2.34. The third-order valence-corrected chi connectivity index (χ3v) is 6.32. The van der Waals surface area contributed by atoms with Crippen LogP contribution in [0.5, 0.6) is 0 Å². The molecule has 1 aromatic carbocycles. The minimum atomic E-state index is -3.60. The van der Waals surface area contributed by atoms with Gasteiger partial charge < -0.3 is 20.3 Å². The summed E-state index contributed by atoms with van der Waals surface area (Å²) in [6, 6.07) is 4.80. The number of carbonyl (C=O) groups excluding carboxylic acids is 1. The van der Waals surface area contributed by atoms with Gasteiger partial charge in [-0.2, -0.15) is 0 Å². The molecular formula is C18H31ClN4O4S. The molecule has 0 radical (unpaired) electrons. The van der Waals surface area contributed by atoms with Crippen LogP contribution in [0.3, 0.4) is 0 Å². The number of amides is 1. The van der Waals surface area contributed by atoms with Gasteiger partial charge in [0.05, 0.1) is 17.1 Å². The molecule has 0 saturated carbocycles. The third kappa shape index (κ3) is 6.31. The predicted octanol–water partition coefficient (Wildman–Crippen LogP) is 0.925. The number of nitrogens with one attached hydrogen (secondary N) is 2. The lowest BCUT2D eigenvalue weighted by atomic mass is 10.1. The van der Waals surface area contributed by atoms with Crippen molar-refractivity contribution in [2.45, 2.75) is 17.7 Å². The minimum Gasteiger partial charge on any atom is -0.383 e. The second-order valence-electron chi connectivity index (χ2n) is 6.66. The van der Waals surface area contributed by atoms with Gasteiger partial charge in [0, 0.05) is 59.6 Å². The average molecular weight is 435 g/mol. The van der Waals surface area contributed by atoms with E-state index in [1.54, 1.807) is 19.2 Å². The number of ether oxygens (including phenoxy) is 1. The molecule has 1 aliphatic rings. The van der Waals surface area contributed by atoms with E-state index in [0.29, 0.717) is 31.8 Å². The van der Waals surface area contributed by atoms with E-state index in [0.717, 1.165) is 35.9 Å². The molecule has 1 aromatic rings. The van der Waals surface area contributed by atoms with E-state index in [1.807, 2.05) is 0 Å². The molecule has 160 valence electrons. The monoisotopic (exact) mass is 434 g/mol. The first-order chi connectivity index (χ1) is 12.9. The Labute approximate surface area is 174 Å². The van der Waals surface area contributed by atoms with Gasteiger partial charge in [0.25, 0.3) is 5.91 Å². The van der Waals surface area contributed by atoms with Crippen molar-refractivity contribution >= 4 is 34.0 Å². The Morgan fingerprint density at radius 3 is 2.46 bits per heavy atom. The van der Waals surface area contributed by atoms with Crippen molar-refractivity contribution < 1.29 is 17.9 Å². The second kappa shape index (κ2) is 11.6. The Balaban J connectivity index is 0.00000392. The topological polar surface area (TPSA) is 91.0 Å². The van der Waals surface area contributed by atoms with Crippen molar-refractivity contribution in [3.8, 4) is 0 Å². The van der Waals surface area contributed by atoms with Crippen LogP contribution < -0.4 is 15.5 Å². The fourth-order valence-electron chi connectivity index (χ4n) is 2.96. The van der Waals surface area contributed by atoms with E-state index in [1.165, 1.54) is 20.2 Å². The van der Waals surface area contributed by atoms with E-state index in [-0.39, 0.29) is 23.2 Å². The van der Waals surface area contributed by atoms with Gasteiger partial charge in [0.15, 0.2) is 0 Å². The molecule has 1 heterocycles. The number of rotatable bonds is 10. The summed E-state index contributed by atoms with van der Waals surface area (Å²) in [5, 5.41) is 6.03. The average Bonchev–Trinajstić information content (AvgIpc) is 3.18. The van der Waals surface area contributed by atoms with Crippen molar-refractivity contribution in [3.05, 3.63) is 23.8 Å². The molecule has 28 heavy (non-hydrogen) atoms. The molecule has 1 fully saturated rings. The van der Waals surface area contributed by atoms with Crippen molar-refractivity contribution in [2.24, 2.45) is 0 Å². The maximum atomic E-state index is 12.8. The molecule has 1 saturated heterocycles. The van der Waals surface area contributed by atoms with Crippen LogP contribution in [-0.4, -0.2) is 79.2 Å². The van der Waals surface area contributed by atoms with Gasteiger partial charge in [-0.05, 0) is 31.0 Å². The number of benzene rings is 1. The number of nitrogens with zero attached hydrogens (tertiary/aromatic N) is 2. The molecule has 0 unspecified atom stereocenters. The van der Waals surface area contributed by atoms with E-state index >= 15 is 0 Å². The maximum absolute atomic E-state index is 12.8. The first kappa shape index (κ1) is 24.6.